The zero-order valence-corrected chi connectivity index (χ0v) is 20.2. The van der Waals surface area contributed by atoms with Crippen LogP contribution in [0.3, 0.4) is 0 Å². The van der Waals surface area contributed by atoms with Crippen LogP contribution in [0.5, 0.6) is 11.5 Å². The summed E-state index contributed by atoms with van der Waals surface area (Å²) in [7, 11) is 1.61. The Balaban J connectivity index is 0.000000356. The maximum absolute atomic E-state index is 12.6. The molecule has 1 amide bonds. The molecule has 0 spiro atoms. The van der Waals surface area contributed by atoms with Crippen LogP contribution in [-0.2, 0) is 20.8 Å². The van der Waals surface area contributed by atoms with E-state index in [9.17, 15) is 9.90 Å². The van der Waals surface area contributed by atoms with E-state index in [0.717, 1.165) is 36.6 Å². The van der Waals surface area contributed by atoms with Crippen molar-refractivity contribution in [2.45, 2.75) is 32.9 Å². The highest BCUT2D eigenvalue weighted by Gasteiger charge is 2.25. The van der Waals surface area contributed by atoms with Gasteiger partial charge in [0, 0.05) is 37.0 Å². The van der Waals surface area contributed by atoms with Crippen LogP contribution in [0.25, 0.3) is 16.6 Å². The number of pyridine rings is 1. The van der Waals surface area contributed by atoms with Gasteiger partial charge in [-0.05, 0) is 31.5 Å². The average molecular weight is 482 g/mol. The number of fused-ring (bicyclic) bond motifs is 1. The predicted molar refractivity (Wildman–Crippen MR) is 131 cm³/mol. The molecule has 1 saturated heterocycles. The Morgan fingerprint density at radius 2 is 2.14 bits per heavy atom. The molecule has 0 unspecified atom stereocenters. The van der Waals surface area contributed by atoms with Crippen LogP contribution in [-0.4, -0.2) is 65.5 Å². The Bertz CT molecular complexity index is 1220. The van der Waals surface area contributed by atoms with Gasteiger partial charge in [0.05, 0.1) is 44.7 Å². The molecule has 3 aromatic rings. The maximum atomic E-state index is 12.6. The minimum atomic E-state index is -0.192. The first-order valence-electron chi connectivity index (χ1n) is 11.6. The Morgan fingerprint density at radius 3 is 2.83 bits per heavy atom. The minimum Gasteiger partial charge on any atom is -0.506 e. The van der Waals surface area contributed by atoms with Crippen LogP contribution in [0.4, 0.5) is 0 Å². The summed E-state index contributed by atoms with van der Waals surface area (Å²) in [5, 5.41) is 16.1. The predicted octanol–water partition coefficient (Wildman–Crippen LogP) is 2.42. The van der Waals surface area contributed by atoms with Crippen molar-refractivity contribution >= 4 is 22.5 Å². The molecule has 1 aromatic carbocycles. The van der Waals surface area contributed by atoms with Crippen molar-refractivity contribution in [2.24, 2.45) is 0 Å². The van der Waals surface area contributed by atoms with Crippen LogP contribution in [0.2, 0.25) is 0 Å². The number of ether oxygens (including phenoxy) is 3. The highest BCUT2D eigenvalue weighted by atomic mass is 16.6. The van der Waals surface area contributed by atoms with Crippen molar-refractivity contribution in [2.75, 3.05) is 33.5 Å². The number of aromatic nitrogens is 3. The molecule has 0 bridgehead atoms. The Labute approximate surface area is 203 Å². The second kappa shape index (κ2) is 11.2. The number of rotatable bonds is 5. The van der Waals surface area contributed by atoms with Crippen molar-refractivity contribution in [3.8, 4) is 11.5 Å². The standard InChI is InChI=1S/C20H21N5O3.C5H10O2/c1-11-3-4-14-17(18(11)28-2)25-19(24-14)16-13(6-8-22-20(16)27)23-9-12-5-7-21-10-15(12)26;1-5-4-6-2-3-7-5/h3-5,7,10,23,26H,6,8-9H2,1-2H3,(H,22,27)(H,24,25);5H,2-4H2,1H3/t;5-/m.1/s1. The lowest BCUT2D eigenvalue weighted by Crippen LogP contribution is -2.35. The highest BCUT2D eigenvalue weighted by molar-refractivity contribution is 6.20. The molecule has 0 saturated carbocycles. The van der Waals surface area contributed by atoms with Gasteiger partial charge < -0.3 is 34.9 Å². The smallest absolute Gasteiger partial charge is 0.256 e. The molecule has 1 fully saturated rings. The van der Waals surface area contributed by atoms with E-state index >= 15 is 0 Å². The SMILES string of the molecule is COc1c(C)ccc2[nH]c(C3=C(NCc4ccncc4O)CCNC3=O)nc12.C[C@@H]1COCCO1. The third kappa shape index (κ3) is 5.72. The number of aryl methyl sites for hydroxylation is 1. The number of hydrogen-bond donors (Lipinski definition) is 4. The van der Waals surface area contributed by atoms with E-state index in [1.54, 1.807) is 19.4 Å². The van der Waals surface area contributed by atoms with Crippen molar-refractivity contribution in [1.82, 2.24) is 25.6 Å². The van der Waals surface area contributed by atoms with Gasteiger partial charge in [0.2, 0.25) is 0 Å². The number of hydrogen-bond acceptors (Lipinski definition) is 8. The molecule has 10 nitrogen and oxygen atoms in total. The zero-order valence-electron chi connectivity index (χ0n) is 20.2. The molecule has 2 aliphatic rings. The lowest BCUT2D eigenvalue weighted by atomic mass is 10.1. The van der Waals surface area contributed by atoms with Crippen LogP contribution >= 0.6 is 0 Å². The topological polar surface area (TPSA) is 131 Å². The Morgan fingerprint density at radius 1 is 1.29 bits per heavy atom. The fourth-order valence-corrected chi connectivity index (χ4v) is 3.98. The van der Waals surface area contributed by atoms with Gasteiger partial charge in [0.25, 0.3) is 5.91 Å². The average Bonchev–Trinajstić information content (AvgIpc) is 3.28. The molecule has 186 valence electrons. The lowest BCUT2D eigenvalue weighted by Gasteiger charge is -2.21. The molecule has 0 aliphatic carbocycles. The minimum absolute atomic E-state index is 0.112. The van der Waals surface area contributed by atoms with Crippen LogP contribution in [0.1, 0.15) is 30.3 Å². The highest BCUT2D eigenvalue weighted by Crippen LogP contribution is 2.30. The summed E-state index contributed by atoms with van der Waals surface area (Å²) in [6.07, 6.45) is 3.97. The van der Waals surface area contributed by atoms with Crippen molar-refractivity contribution < 1.29 is 24.1 Å². The van der Waals surface area contributed by atoms with Gasteiger partial charge in [0.15, 0.2) is 0 Å². The fourth-order valence-electron chi connectivity index (χ4n) is 3.98. The molecule has 2 aliphatic heterocycles. The number of aromatic hydroxyl groups is 1. The summed E-state index contributed by atoms with van der Waals surface area (Å²) in [6, 6.07) is 5.61. The van der Waals surface area contributed by atoms with E-state index in [0.29, 0.717) is 53.8 Å². The molecule has 1 atom stereocenters. The van der Waals surface area contributed by atoms with Gasteiger partial charge in [-0.3, -0.25) is 9.78 Å². The van der Waals surface area contributed by atoms with Crippen molar-refractivity contribution in [3.63, 3.8) is 0 Å². The van der Waals surface area contributed by atoms with E-state index in [4.69, 9.17) is 14.2 Å². The van der Waals surface area contributed by atoms with Gasteiger partial charge in [-0.1, -0.05) is 6.07 Å². The second-order valence-electron chi connectivity index (χ2n) is 8.37. The van der Waals surface area contributed by atoms with E-state index in [1.807, 2.05) is 26.0 Å². The molecule has 2 aromatic heterocycles. The lowest BCUT2D eigenvalue weighted by molar-refractivity contribution is -0.115. The number of nitrogens with zero attached hydrogens (tertiary/aromatic N) is 2. The maximum Gasteiger partial charge on any atom is 0.256 e. The zero-order chi connectivity index (χ0) is 24.8. The number of benzene rings is 1. The van der Waals surface area contributed by atoms with Gasteiger partial charge >= 0.3 is 0 Å². The van der Waals surface area contributed by atoms with Gasteiger partial charge in [-0.2, -0.15) is 0 Å². The molecule has 5 rings (SSSR count). The second-order valence-corrected chi connectivity index (χ2v) is 8.37. The third-order valence-electron chi connectivity index (χ3n) is 5.80. The van der Waals surface area contributed by atoms with Crippen molar-refractivity contribution in [3.05, 3.63) is 53.2 Å². The van der Waals surface area contributed by atoms with Crippen molar-refractivity contribution in [1.29, 1.82) is 0 Å². The van der Waals surface area contributed by atoms with E-state index in [2.05, 4.69) is 25.6 Å². The normalized spacial score (nSPS) is 18.0. The first kappa shape index (κ1) is 24.5. The summed E-state index contributed by atoms with van der Waals surface area (Å²) in [4.78, 5) is 24.4. The van der Waals surface area contributed by atoms with Gasteiger partial charge in [0.1, 0.15) is 28.4 Å². The van der Waals surface area contributed by atoms with E-state index in [-0.39, 0.29) is 11.7 Å². The number of carbonyl (C=O) groups is 1. The molecule has 10 heteroatoms. The largest absolute Gasteiger partial charge is 0.506 e. The summed E-state index contributed by atoms with van der Waals surface area (Å²) in [5.74, 6) is 1.09. The number of methoxy groups -OCH3 is 1. The molecule has 4 N–H and O–H groups in total. The third-order valence-corrected chi connectivity index (χ3v) is 5.80. The molecule has 35 heavy (non-hydrogen) atoms. The molecule has 4 heterocycles. The number of imidazole rings is 1. The first-order chi connectivity index (χ1) is 17.0. The number of carbonyl (C=O) groups excluding carboxylic acids is 1. The van der Waals surface area contributed by atoms with Crippen LogP contribution in [0, 0.1) is 6.92 Å². The summed E-state index contributed by atoms with van der Waals surface area (Å²) in [5.41, 5.74) is 4.41. The molecule has 0 radical (unpaired) electrons. The Kier molecular flexibility index (Phi) is 7.84. The Hall–Kier alpha value is -3.63. The van der Waals surface area contributed by atoms with E-state index in [1.165, 1.54) is 6.20 Å². The van der Waals surface area contributed by atoms with Crippen LogP contribution < -0.4 is 15.4 Å². The first-order valence-corrected chi connectivity index (χ1v) is 11.6. The number of H-pyrrole nitrogens is 1. The number of amides is 1. The number of aromatic amines is 1. The molecular formula is C25H31N5O5. The quantitative estimate of drug-likeness (QED) is 0.437. The van der Waals surface area contributed by atoms with Gasteiger partial charge in [-0.15, -0.1) is 0 Å². The summed E-state index contributed by atoms with van der Waals surface area (Å²) in [6.45, 7) is 7.18. The summed E-state index contributed by atoms with van der Waals surface area (Å²) >= 11 is 0. The summed E-state index contributed by atoms with van der Waals surface area (Å²) < 4.78 is 15.7. The van der Waals surface area contributed by atoms with E-state index < -0.39 is 0 Å². The monoisotopic (exact) mass is 481 g/mol. The van der Waals surface area contributed by atoms with Gasteiger partial charge in [-0.25, -0.2) is 4.98 Å². The van der Waals surface area contributed by atoms with Crippen LogP contribution in [0.15, 0.2) is 36.3 Å². The molecular weight excluding hydrogens is 450 g/mol. The number of nitrogens with one attached hydrogen (secondary N) is 3. The fraction of sp³-hybridized carbons (Fsp3) is 0.400.